The van der Waals surface area contributed by atoms with E-state index in [4.69, 9.17) is 10.5 Å². The zero-order valence-corrected chi connectivity index (χ0v) is 10.1. The molecule has 0 heterocycles. The molecule has 0 radical (unpaired) electrons. The van der Waals surface area contributed by atoms with E-state index in [1.54, 1.807) is 31.3 Å². The smallest absolute Gasteiger partial charge is 0.256 e. The molecule has 0 aliphatic rings. The van der Waals surface area contributed by atoms with E-state index in [0.717, 1.165) is 5.75 Å². The lowest BCUT2D eigenvalue weighted by Gasteiger charge is -2.20. The third-order valence-electron chi connectivity index (χ3n) is 2.37. The molecule has 0 aliphatic heterocycles. The Hall–Kier alpha value is -1.59. The second-order valence-corrected chi connectivity index (χ2v) is 3.58. The van der Waals surface area contributed by atoms with Crippen LogP contribution in [0.4, 0.5) is 5.69 Å². The second-order valence-electron chi connectivity index (χ2n) is 3.58. The summed E-state index contributed by atoms with van der Waals surface area (Å²) in [6, 6.07) is 7.06. The molecule has 1 aromatic carbocycles. The maximum atomic E-state index is 11.6. The SMILES string of the molecule is CCOc1ccc(N(C)C(=O)C(O)CN)cc1. The van der Waals surface area contributed by atoms with Crippen molar-refractivity contribution in [2.75, 3.05) is 25.1 Å². The highest BCUT2D eigenvalue weighted by molar-refractivity contribution is 5.96. The lowest BCUT2D eigenvalue weighted by molar-refractivity contribution is -0.125. The Kier molecular flexibility index (Phi) is 4.93. The molecule has 5 nitrogen and oxygen atoms in total. The van der Waals surface area contributed by atoms with E-state index < -0.39 is 12.0 Å². The summed E-state index contributed by atoms with van der Waals surface area (Å²) in [6.45, 7) is 2.42. The van der Waals surface area contributed by atoms with Crippen LogP contribution in [-0.4, -0.2) is 37.3 Å². The van der Waals surface area contributed by atoms with Crippen LogP contribution >= 0.6 is 0 Å². The van der Waals surface area contributed by atoms with Crippen LogP contribution in [0.1, 0.15) is 6.92 Å². The number of aliphatic hydroxyl groups excluding tert-OH is 1. The van der Waals surface area contributed by atoms with Crippen molar-refractivity contribution in [1.82, 2.24) is 0 Å². The van der Waals surface area contributed by atoms with Crippen molar-refractivity contribution in [2.45, 2.75) is 13.0 Å². The third kappa shape index (κ3) is 3.44. The van der Waals surface area contributed by atoms with Gasteiger partial charge in [-0.15, -0.1) is 0 Å². The number of nitrogens with zero attached hydrogens (tertiary/aromatic N) is 1. The van der Waals surface area contributed by atoms with E-state index in [9.17, 15) is 9.90 Å². The van der Waals surface area contributed by atoms with E-state index >= 15 is 0 Å². The maximum absolute atomic E-state index is 11.6. The van der Waals surface area contributed by atoms with Gasteiger partial charge in [0.05, 0.1) is 6.61 Å². The number of hydrogen-bond donors (Lipinski definition) is 2. The summed E-state index contributed by atoms with van der Waals surface area (Å²) in [5.41, 5.74) is 5.92. The van der Waals surface area contributed by atoms with Gasteiger partial charge in [0.2, 0.25) is 0 Å². The van der Waals surface area contributed by atoms with Crippen molar-refractivity contribution in [3.8, 4) is 5.75 Å². The molecule has 0 bridgehead atoms. The van der Waals surface area contributed by atoms with Crippen LogP contribution in [-0.2, 0) is 4.79 Å². The Labute approximate surface area is 101 Å². The van der Waals surface area contributed by atoms with E-state index in [-0.39, 0.29) is 6.54 Å². The average molecular weight is 238 g/mol. The Morgan fingerprint density at radius 1 is 1.47 bits per heavy atom. The quantitative estimate of drug-likeness (QED) is 0.777. The van der Waals surface area contributed by atoms with Gasteiger partial charge in [-0.2, -0.15) is 0 Å². The Bertz CT molecular complexity index is 365. The summed E-state index contributed by atoms with van der Waals surface area (Å²) in [5.74, 6) is 0.327. The Balaban J connectivity index is 2.75. The fourth-order valence-electron chi connectivity index (χ4n) is 1.38. The van der Waals surface area contributed by atoms with Gasteiger partial charge in [0.1, 0.15) is 11.9 Å². The van der Waals surface area contributed by atoms with Crippen LogP contribution in [0, 0.1) is 0 Å². The first-order chi connectivity index (χ1) is 8.10. The van der Waals surface area contributed by atoms with E-state index in [1.165, 1.54) is 4.90 Å². The van der Waals surface area contributed by atoms with Crippen molar-refractivity contribution in [2.24, 2.45) is 5.73 Å². The van der Waals surface area contributed by atoms with Crippen LogP contribution in [0.3, 0.4) is 0 Å². The van der Waals surface area contributed by atoms with Crippen LogP contribution in [0.2, 0.25) is 0 Å². The second kappa shape index (κ2) is 6.22. The van der Waals surface area contributed by atoms with Gasteiger partial charge in [-0.25, -0.2) is 0 Å². The fourth-order valence-corrected chi connectivity index (χ4v) is 1.38. The van der Waals surface area contributed by atoms with E-state index in [1.807, 2.05) is 6.92 Å². The number of benzene rings is 1. The number of carbonyl (C=O) groups is 1. The largest absolute Gasteiger partial charge is 0.494 e. The Morgan fingerprint density at radius 2 is 2.06 bits per heavy atom. The number of aliphatic hydroxyl groups is 1. The zero-order valence-electron chi connectivity index (χ0n) is 10.1. The molecule has 1 amide bonds. The summed E-state index contributed by atoms with van der Waals surface area (Å²) in [7, 11) is 1.59. The summed E-state index contributed by atoms with van der Waals surface area (Å²) in [4.78, 5) is 13.0. The van der Waals surface area contributed by atoms with Crippen LogP contribution in [0.25, 0.3) is 0 Å². The highest BCUT2D eigenvalue weighted by atomic mass is 16.5. The average Bonchev–Trinajstić information content (AvgIpc) is 2.37. The van der Waals surface area contributed by atoms with Gasteiger partial charge in [0, 0.05) is 19.3 Å². The number of ether oxygens (including phenoxy) is 1. The molecule has 1 aromatic rings. The van der Waals surface area contributed by atoms with Crippen molar-refractivity contribution in [3.63, 3.8) is 0 Å². The molecule has 0 fully saturated rings. The third-order valence-corrected chi connectivity index (χ3v) is 2.37. The molecule has 94 valence electrons. The summed E-state index contributed by atoms with van der Waals surface area (Å²) >= 11 is 0. The molecule has 1 unspecified atom stereocenters. The molecule has 17 heavy (non-hydrogen) atoms. The van der Waals surface area contributed by atoms with Gasteiger partial charge in [-0.3, -0.25) is 4.79 Å². The molecule has 0 aromatic heterocycles. The van der Waals surface area contributed by atoms with Gasteiger partial charge in [-0.05, 0) is 31.2 Å². The Morgan fingerprint density at radius 3 is 2.53 bits per heavy atom. The van der Waals surface area contributed by atoms with Crippen molar-refractivity contribution in [3.05, 3.63) is 24.3 Å². The van der Waals surface area contributed by atoms with Crippen molar-refractivity contribution in [1.29, 1.82) is 0 Å². The first-order valence-corrected chi connectivity index (χ1v) is 5.48. The van der Waals surface area contributed by atoms with Crippen LogP contribution in [0.5, 0.6) is 5.75 Å². The zero-order chi connectivity index (χ0) is 12.8. The normalized spacial score (nSPS) is 12.0. The number of carbonyl (C=O) groups excluding carboxylic acids is 1. The van der Waals surface area contributed by atoms with Gasteiger partial charge >= 0.3 is 0 Å². The molecule has 0 spiro atoms. The molecular weight excluding hydrogens is 220 g/mol. The van der Waals surface area contributed by atoms with Gasteiger partial charge in [0.15, 0.2) is 0 Å². The molecule has 0 saturated heterocycles. The summed E-state index contributed by atoms with van der Waals surface area (Å²) in [5, 5.41) is 9.36. The minimum Gasteiger partial charge on any atom is -0.494 e. The molecule has 3 N–H and O–H groups in total. The minimum atomic E-state index is -1.16. The predicted octanol–water partition coefficient (Wildman–Crippen LogP) is 0.368. The van der Waals surface area contributed by atoms with Gasteiger partial charge in [0.25, 0.3) is 5.91 Å². The standard InChI is InChI=1S/C12H18N2O3/c1-3-17-10-6-4-9(5-7-10)14(2)12(16)11(15)8-13/h4-7,11,15H,3,8,13H2,1-2H3. The molecule has 5 heteroatoms. The first kappa shape index (κ1) is 13.5. The first-order valence-electron chi connectivity index (χ1n) is 5.48. The lowest BCUT2D eigenvalue weighted by Crippen LogP contribution is -2.40. The van der Waals surface area contributed by atoms with E-state index in [0.29, 0.717) is 12.3 Å². The van der Waals surface area contributed by atoms with Gasteiger partial charge in [-0.1, -0.05) is 0 Å². The number of rotatable bonds is 5. The maximum Gasteiger partial charge on any atom is 0.256 e. The topological polar surface area (TPSA) is 75.8 Å². The molecule has 1 rings (SSSR count). The highest BCUT2D eigenvalue weighted by Crippen LogP contribution is 2.18. The number of likely N-dealkylation sites (N-methyl/N-ethyl adjacent to an activating group) is 1. The number of hydrogen-bond acceptors (Lipinski definition) is 4. The number of anilines is 1. The van der Waals surface area contributed by atoms with Crippen molar-refractivity contribution >= 4 is 11.6 Å². The monoisotopic (exact) mass is 238 g/mol. The van der Waals surface area contributed by atoms with Crippen LogP contribution in [0.15, 0.2) is 24.3 Å². The summed E-state index contributed by atoms with van der Waals surface area (Å²) in [6.07, 6.45) is -1.16. The minimum absolute atomic E-state index is 0.0831. The summed E-state index contributed by atoms with van der Waals surface area (Å²) < 4.78 is 5.30. The van der Waals surface area contributed by atoms with Gasteiger partial charge < -0.3 is 20.5 Å². The molecule has 0 saturated carbocycles. The van der Waals surface area contributed by atoms with Crippen molar-refractivity contribution < 1.29 is 14.6 Å². The number of nitrogens with two attached hydrogens (primary N) is 1. The molecule has 1 atom stereocenters. The predicted molar refractivity (Wildman–Crippen MR) is 66.1 cm³/mol. The molecular formula is C12H18N2O3. The number of amides is 1. The highest BCUT2D eigenvalue weighted by Gasteiger charge is 2.18. The fraction of sp³-hybridized carbons (Fsp3) is 0.417. The van der Waals surface area contributed by atoms with E-state index in [2.05, 4.69) is 0 Å². The lowest BCUT2D eigenvalue weighted by atomic mass is 10.2. The van der Waals surface area contributed by atoms with Crippen LogP contribution < -0.4 is 15.4 Å². The molecule has 0 aliphatic carbocycles.